The van der Waals surface area contributed by atoms with Crippen LogP contribution in [-0.4, -0.2) is 27.5 Å². The molecule has 2 aromatic rings. The number of unbranched alkanes of at least 4 members (excludes halogenated alkanes) is 1. The van der Waals surface area contributed by atoms with Crippen LogP contribution < -0.4 is 14.8 Å². The minimum Gasteiger partial charge on any atom is -0.435 e. The first-order valence-electron chi connectivity index (χ1n) is 8.28. The van der Waals surface area contributed by atoms with Crippen molar-refractivity contribution >= 4 is 21.6 Å². The zero-order valence-electron chi connectivity index (χ0n) is 14.6. The number of carbonyl (C=O) groups excluding carboxylic acids is 1. The van der Waals surface area contributed by atoms with Gasteiger partial charge in [-0.2, -0.15) is 8.78 Å². The second-order valence-corrected chi connectivity index (χ2v) is 7.41. The molecule has 146 valence electrons. The number of amides is 1. The number of benzene rings is 2. The molecule has 0 atom stereocenters. The monoisotopic (exact) mass is 398 g/mol. The third-order valence-corrected chi connectivity index (χ3v) is 5.00. The van der Waals surface area contributed by atoms with E-state index in [-0.39, 0.29) is 21.9 Å². The molecule has 0 fully saturated rings. The van der Waals surface area contributed by atoms with E-state index in [1.165, 1.54) is 48.5 Å². The minimum absolute atomic E-state index is 0.0196. The van der Waals surface area contributed by atoms with Crippen molar-refractivity contribution in [3.63, 3.8) is 0 Å². The second-order valence-electron chi connectivity index (χ2n) is 5.64. The van der Waals surface area contributed by atoms with Crippen molar-refractivity contribution in [1.29, 1.82) is 0 Å². The van der Waals surface area contributed by atoms with E-state index >= 15 is 0 Å². The van der Waals surface area contributed by atoms with Gasteiger partial charge in [-0.25, -0.2) is 13.1 Å². The lowest BCUT2D eigenvalue weighted by molar-refractivity contribution is -0.0498. The molecule has 0 heterocycles. The number of sulfonamides is 1. The van der Waals surface area contributed by atoms with E-state index in [0.29, 0.717) is 13.0 Å². The molecule has 0 spiro atoms. The molecule has 0 aliphatic rings. The number of halogens is 2. The van der Waals surface area contributed by atoms with Gasteiger partial charge in [0.25, 0.3) is 5.91 Å². The van der Waals surface area contributed by atoms with Gasteiger partial charge in [0.05, 0.1) is 4.90 Å². The van der Waals surface area contributed by atoms with Crippen LogP contribution in [0.2, 0.25) is 0 Å². The SMILES string of the molecule is CCCCNS(=O)(=O)c1cccc(NC(=O)c2cccc(OC(F)F)c2)c1. The summed E-state index contributed by atoms with van der Waals surface area (Å²) in [6.07, 6.45) is 1.57. The standard InChI is InChI=1S/C18H20F2N2O4S/c1-2-3-10-21-27(24,25)16-9-5-7-14(12-16)22-17(23)13-6-4-8-15(11-13)26-18(19)20/h4-9,11-12,18,21H,2-3,10H2,1H3,(H,22,23). The lowest BCUT2D eigenvalue weighted by Crippen LogP contribution is -2.24. The molecule has 1 amide bonds. The van der Waals surface area contributed by atoms with E-state index in [2.05, 4.69) is 14.8 Å². The van der Waals surface area contributed by atoms with E-state index in [1.807, 2.05) is 6.92 Å². The second kappa shape index (κ2) is 9.43. The number of alkyl halides is 2. The van der Waals surface area contributed by atoms with Gasteiger partial charge in [-0.05, 0) is 42.8 Å². The van der Waals surface area contributed by atoms with Crippen LogP contribution in [-0.2, 0) is 10.0 Å². The van der Waals surface area contributed by atoms with Gasteiger partial charge < -0.3 is 10.1 Å². The summed E-state index contributed by atoms with van der Waals surface area (Å²) in [7, 11) is -3.68. The van der Waals surface area contributed by atoms with Crippen LogP contribution in [0.5, 0.6) is 5.75 Å². The molecule has 2 rings (SSSR count). The first-order valence-corrected chi connectivity index (χ1v) is 9.76. The van der Waals surface area contributed by atoms with Crippen LogP contribution in [0.25, 0.3) is 0 Å². The number of hydrogen-bond donors (Lipinski definition) is 2. The van der Waals surface area contributed by atoms with Crippen molar-refractivity contribution in [2.75, 3.05) is 11.9 Å². The molecule has 0 saturated heterocycles. The Bertz CT molecular complexity index is 888. The van der Waals surface area contributed by atoms with E-state index in [1.54, 1.807) is 0 Å². The van der Waals surface area contributed by atoms with Crippen molar-refractivity contribution in [2.24, 2.45) is 0 Å². The highest BCUT2D eigenvalue weighted by molar-refractivity contribution is 7.89. The molecule has 2 aromatic carbocycles. The van der Waals surface area contributed by atoms with Crippen molar-refractivity contribution in [1.82, 2.24) is 4.72 Å². The van der Waals surface area contributed by atoms with Crippen LogP contribution in [0, 0.1) is 0 Å². The summed E-state index contributed by atoms with van der Waals surface area (Å²) in [6, 6.07) is 11.1. The van der Waals surface area contributed by atoms with E-state index in [4.69, 9.17) is 0 Å². The van der Waals surface area contributed by atoms with Gasteiger partial charge in [-0.3, -0.25) is 4.79 Å². The number of ether oxygens (including phenoxy) is 1. The maximum Gasteiger partial charge on any atom is 0.387 e. The molecule has 2 N–H and O–H groups in total. The lowest BCUT2D eigenvalue weighted by Gasteiger charge is -2.10. The highest BCUT2D eigenvalue weighted by Crippen LogP contribution is 2.19. The van der Waals surface area contributed by atoms with Crippen molar-refractivity contribution in [3.05, 3.63) is 54.1 Å². The van der Waals surface area contributed by atoms with E-state index in [9.17, 15) is 22.0 Å². The van der Waals surface area contributed by atoms with Crippen LogP contribution in [0.4, 0.5) is 14.5 Å². The number of nitrogens with one attached hydrogen (secondary N) is 2. The normalized spacial score (nSPS) is 11.4. The van der Waals surface area contributed by atoms with E-state index < -0.39 is 22.5 Å². The van der Waals surface area contributed by atoms with E-state index in [0.717, 1.165) is 6.42 Å². The Morgan fingerprint density at radius 1 is 1.15 bits per heavy atom. The molecular formula is C18H20F2N2O4S. The Morgan fingerprint density at radius 2 is 1.89 bits per heavy atom. The molecular weight excluding hydrogens is 378 g/mol. The summed E-state index contributed by atoms with van der Waals surface area (Å²) < 4.78 is 55.8. The quantitative estimate of drug-likeness (QED) is 0.632. The van der Waals surface area contributed by atoms with Gasteiger partial charge >= 0.3 is 6.61 Å². The number of rotatable bonds is 9. The minimum atomic E-state index is -3.68. The van der Waals surface area contributed by atoms with Crippen molar-refractivity contribution in [2.45, 2.75) is 31.3 Å². The topological polar surface area (TPSA) is 84.5 Å². The van der Waals surface area contributed by atoms with Crippen LogP contribution in [0.3, 0.4) is 0 Å². The Balaban J connectivity index is 2.13. The number of hydrogen-bond acceptors (Lipinski definition) is 4. The molecule has 0 radical (unpaired) electrons. The molecule has 0 aliphatic carbocycles. The zero-order valence-corrected chi connectivity index (χ0v) is 15.4. The number of carbonyl (C=O) groups is 1. The molecule has 0 saturated carbocycles. The molecule has 9 heteroatoms. The molecule has 0 aliphatic heterocycles. The summed E-state index contributed by atoms with van der Waals surface area (Å²) in [5, 5.41) is 2.54. The van der Waals surface area contributed by atoms with Gasteiger partial charge in [0.15, 0.2) is 0 Å². The third kappa shape index (κ3) is 6.30. The fourth-order valence-electron chi connectivity index (χ4n) is 2.22. The maximum atomic E-state index is 12.3. The molecule has 0 aromatic heterocycles. The molecule has 27 heavy (non-hydrogen) atoms. The summed E-state index contributed by atoms with van der Waals surface area (Å²) >= 11 is 0. The van der Waals surface area contributed by atoms with Gasteiger partial charge in [0.1, 0.15) is 5.75 Å². The molecule has 6 nitrogen and oxygen atoms in total. The maximum absolute atomic E-state index is 12.3. The summed E-state index contributed by atoms with van der Waals surface area (Å²) in [5.41, 5.74) is 0.362. The summed E-state index contributed by atoms with van der Waals surface area (Å²) in [5.74, 6) is -0.725. The summed E-state index contributed by atoms with van der Waals surface area (Å²) in [6.45, 7) is -0.719. The van der Waals surface area contributed by atoms with Gasteiger partial charge in [-0.1, -0.05) is 25.5 Å². The predicted octanol–water partition coefficient (Wildman–Crippen LogP) is 3.62. The number of anilines is 1. The van der Waals surface area contributed by atoms with Gasteiger partial charge in [-0.15, -0.1) is 0 Å². The van der Waals surface area contributed by atoms with Crippen LogP contribution in [0.15, 0.2) is 53.4 Å². The average Bonchev–Trinajstić information content (AvgIpc) is 2.62. The first-order chi connectivity index (χ1) is 12.8. The highest BCUT2D eigenvalue weighted by Gasteiger charge is 2.15. The van der Waals surface area contributed by atoms with Gasteiger partial charge in [0.2, 0.25) is 10.0 Å². The third-order valence-electron chi connectivity index (χ3n) is 3.55. The average molecular weight is 398 g/mol. The molecule has 0 bridgehead atoms. The van der Waals surface area contributed by atoms with Crippen molar-refractivity contribution in [3.8, 4) is 5.75 Å². The van der Waals surface area contributed by atoms with Gasteiger partial charge in [0, 0.05) is 17.8 Å². The van der Waals surface area contributed by atoms with Crippen LogP contribution >= 0.6 is 0 Å². The molecule has 0 unspecified atom stereocenters. The zero-order chi connectivity index (χ0) is 19.9. The fraction of sp³-hybridized carbons (Fsp3) is 0.278. The summed E-state index contributed by atoms with van der Waals surface area (Å²) in [4.78, 5) is 12.3. The Morgan fingerprint density at radius 3 is 2.59 bits per heavy atom. The Labute approximate surface area is 156 Å². The smallest absolute Gasteiger partial charge is 0.387 e. The predicted molar refractivity (Wildman–Crippen MR) is 97.6 cm³/mol. The lowest BCUT2D eigenvalue weighted by atomic mass is 10.2. The largest absolute Gasteiger partial charge is 0.435 e. The first kappa shape index (κ1) is 20.8. The highest BCUT2D eigenvalue weighted by atomic mass is 32.2. The van der Waals surface area contributed by atoms with Crippen molar-refractivity contribution < 1.29 is 26.7 Å². The van der Waals surface area contributed by atoms with Crippen LogP contribution in [0.1, 0.15) is 30.1 Å². The fourth-order valence-corrected chi connectivity index (χ4v) is 3.34. The Kier molecular flexibility index (Phi) is 7.26. The Hall–Kier alpha value is -2.52.